The monoisotopic (exact) mass is 339 g/mol. The molecule has 2 N–H and O–H groups in total. The first kappa shape index (κ1) is 17.3. The van der Waals surface area contributed by atoms with Crippen molar-refractivity contribution in [2.75, 3.05) is 19.8 Å². The number of amides is 1. The van der Waals surface area contributed by atoms with Gasteiger partial charge in [0.1, 0.15) is 11.6 Å². The van der Waals surface area contributed by atoms with Crippen LogP contribution in [0.3, 0.4) is 0 Å². The van der Waals surface area contributed by atoms with Gasteiger partial charge in [0, 0.05) is 31.4 Å². The van der Waals surface area contributed by atoms with E-state index in [4.69, 9.17) is 4.74 Å². The van der Waals surface area contributed by atoms with Gasteiger partial charge in [0.2, 0.25) is 5.91 Å². The van der Waals surface area contributed by atoms with Crippen LogP contribution in [0.25, 0.3) is 0 Å². The van der Waals surface area contributed by atoms with Gasteiger partial charge in [0.15, 0.2) is 0 Å². The van der Waals surface area contributed by atoms with E-state index < -0.39 is 22.7 Å². The molecule has 1 aliphatic carbocycles. The molecular weight excluding hydrogens is 316 g/mol. The van der Waals surface area contributed by atoms with Gasteiger partial charge in [0.25, 0.3) is 0 Å². The zero-order chi connectivity index (χ0) is 17.2. The molecule has 6 heteroatoms. The highest BCUT2D eigenvalue weighted by molar-refractivity contribution is 5.88. The van der Waals surface area contributed by atoms with Crippen LogP contribution in [0, 0.1) is 11.6 Å². The second-order valence-electron chi connectivity index (χ2n) is 6.93. The maximum atomic E-state index is 14.3. The summed E-state index contributed by atoms with van der Waals surface area (Å²) in [5.74, 6) is -1.71. The van der Waals surface area contributed by atoms with Crippen molar-refractivity contribution in [3.63, 3.8) is 0 Å². The zero-order valence-corrected chi connectivity index (χ0v) is 13.6. The first-order valence-corrected chi connectivity index (χ1v) is 8.49. The van der Waals surface area contributed by atoms with E-state index in [-0.39, 0.29) is 18.0 Å². The third-order valence-corrected chi connectivity index (χ3v) is 5.34. The zero-order valence-electron chi connectivity index (χ0n) is 13.6. The Bertz CT molecular complexity index is 608. The lowest BCUT2D eigenvalue weighted by Crippen LogP contribution is -2.52. The van der Waals surface area contributed by atoms with Gasteiger partial charge in [-0.15, -0.1) is 0 Å². The fourth-order valence-corrected chi connectivity index (χ4v) is 3.84. The summed E-state index contributed by atoms with van der Waals surface area (Å²) in [6.45, 7) is 0.847. The van der Waals surface area contributed by atoms with Gasteiger partial charge in [-0.1, -0.05) is 18.9 Å². The molecule has 0 radical (unpaired) electrons. The number of halogens is 2. The normalized spacial score (nSPS) is 22.3. The predicted octanol–water partition coefficient (Wildman–Crippen LogP) is 2.43. The number of hydrogen-bond acceptors (Lipinski definition) is 3. The van der Waals surface area contributed by atoms with Crippen LogP contribution in [0.2, 0.25) is 0 Å². The van der Waals surface area contributed by atoms with Gasteiger partial charge >= 0.3 is 0 Å². The Morgan fingerprint density at radius 2 is 1.83 bits per heavy atom. The smallest absolute Gasteiger partial charge is 0.231 e. The fraction of sp³-hybridized carbons (Fsp3) is 0.611. The molecule has 1 aliphatic heterocycles. The standard InChI is InChI=1S/C18H23F2NO3/c19-13-3-4-14(15(20)11-13)18(7-9-24-10-8-18)16(22)21-12-17(23)5-1-2-6-17/h3-4,11,23H,1-2,5-10,12H2,(H,21,22). The number of hydrogen-bond donors (Lipinski definition) is 2. The van der Waals surface area contributed by atoms with Crippen LogP contribution in [0.5, 0.6) is 0 Å². The number of benzene rings is 1. The Balaban J connectivity index is 1.83. The van der Waals surface area contributed by atoms with E-state index in [0.29, 0.717) is 38.9 Å². The topological polar surface area (TPSA) is 58.6 Å². The molecule has 1 heterocycles. The number of carbonyl (C=O) groups excluding carboxylic acids is 1. The molecule has 4 nitrogen and oxygen atoms in total. The van der Waals surface area contributed by atoms with Crippen molar-refractivity contribution >= 4 is 5.91 Å². The molecule has 3 rings (SSSR count). The van der Waals surface area contributed by atoms with E-state index >= 15 is 0 Å². The SMILES string of the molecule is O=C(NCC1(O)CCCC1)C1(c2ccc(F)cc2F)CCOCC1. The fourth-order valence-electron chi connectivity index (χ4n) is 3.84. The minimum Gasteiger partial charge on any atom is -0.388 e. The van der Waals surface area contributed by atoms with E-state index in [9.17, 15) is 18.7 Å². The Labute approximate surface area is 140 Å². The highest BCUT2D eigenvalue weighted by Gasteiger charge is 2.44. The molecule has 0 spiro atoms. The lowest BCUT2D eigenvalue weighted by atomic mass is 9.73. The van der Waals surface area contributed by atoms with E-state index in [2.05, 4.69) is 5.32 Å². The largest absolute Gasteiger partial charge is 0.388 e. The molecule has 2 aliphatic rings. The lowest BCUT2D eigenvalue weighted by Gasteiger charge is -2.37. The van der Waals surface area contributed by atoms with Gasteiger partial charge in [0.05, 0.1) is 11.0 Å². The van der Waals surface area contributed by atoms with Crippen LogP contribution in [-0.4, -0.2) is 36.4 Å². The van der Waals surface area contributed by atoms with E-state index in [1.807, 2.05) is 0 Å². The quantitative estimate of drug-likeness (QED) is 0.886. The molecular formula is C18H23F2NO3. The van der Waals surface area contributed by atoms with Crippen molar-refractivity contribution in [3.8, 4) is 0 Å². The van der Waals surface area contributed by atoms with Crippen molar-refractivity contribution in [2.45, 2.75) is 49.5 Å². The van der Waals surface area contributed by atoms with Crippen molar-refractivity contribution in [3.05, 3.63) is 35.4 Å². The molecule has 0 bridgehead atoms. The average Bonchev–Trinajstić information content (AvgIpc) is 3.00. The summed E-state index contributed by atoms with van der Waals surface area (Å²) in [6, 6.07) is 3.33. The van der Waals surface area contributed by atoms with Gasteiger partial charge in [-0.2, -0.15) is 0 Å². The molecule has 1 saturated carbocycles. The third kappa shape index (κ3) is 3.30. The second kappa shape index (κ2) is 6.76. The number of aliphatic hydroxyl groups is 1. The average molecular weight is 339 g/mol. The molecule has 1 amide bonds. The molecule has 1 aromatic rings. The van der Waals surface area contributed by atoms with E-state index in [0.717, 1.165) is 18.9 Å². The predicted molar refractivity (Wildman–Crippen MR) is 84.5 cm³/mol. The van der Waals surface area contributed by atoms with E-state index in [1.54, 1.807) is 0 Å². The van der Waals surface area contributed by atoms with Crippen LogP contribution in [0.15, 0.2) is 18.2 Å². The first-order chi connectivity index (χ1) is 11.5. The van der Waals surface area contributed by atoms with Crippen LogP contribution in [0.1, 0.15) is 44.1 Å². The van der Waals surface area contributed by atoms with E-state index in [1.165, 1.54) is 12.1 Å². The minimum absolute atomic E-state index is 0.164. The minimum atomic E-state index is -1.08. The van der Waals surface area contributed by atoms with Gasteiger partial charge in [-0.3, -0.25) is 4.79 Å². The van der Waals surface area contributed by atoms with Gasteiger partial charge in [-0.25, -0.2) is 8.78 Å². The third-order valence-electron chi connectivity index (χ3n) is 5.34. The maximum Gasteiger partial charge on any atom is 0.231 e. The molecule has 132 valence electrons. The Hall–Kier alpha value is -1.53. The summed E-state index contributed by atoms with van der Waals surface area (Å²) in [7, 11) is 0. The lowest BCUT2D eigenvalue weighted by molar-refractivity contribution is -0.131. The molecule has 0 aromatic heterocycles. The second-order valence-corrected chi connectivity index (χ2v) is 6.93. The summed E-state index contributed by atoms with van der Waals surface area (Å²) in [5, 5.41) is 13.2. The highest BCUT2D eigenvalue weighted by atomic mass is 19.1. The Kier molecular flexibility index (Phi) is 4.88. The summed E-state index contributed by atoms with van der Waals surface area (Å²) in [4.78, 5) is 12.9. The van der Waals surface area contributed by atoms with Crippen LogP contribution >= 0.6 is 0 Å². The van der Waals surface area contributed by atoms with Gasteiger partial charge < -0.3 is 15.2 Å². The van der Waals surface area contributed by atoms with Crippen molar-refractivity contribution < 1.29 is 23.4 Å². The van der Waals surface area contributed by atoms with Crippen LogP contribution in [-0.2, 0) is 14.9 Å². The number of rotatable bonds is 4. The summed E-state index contributed by atoms with van der Waals surface area (Å²) >= 11 is 0. The molecule has 1 saturated heterocycles. The molecule has 2 fully saturated rings. The first-order valence-electron chi connectivity index (χ1n) is 8.49. The van der Waals surface area contributed by atoms with Gasteiger partial charge in [-0.05, 0) is 31.7 Å². The Morgan fingerprint density at radius 1 is 1.17 bits per heavy atom. The van der Waals surface area contributed by atoms with Crippen molar-refractivity contribution in [1.82, 2.24) is 5.32 Å². The molecule has 0 atom stereocenters. The summed E-state index contributed by atoms with van der Waals surface area (Å²) in [5.41, 5.74) is -1.75. The summed E-state index contributed by atoms with van der Waals surface area (Å²) in [6.07, 6.45) is 3.87. The molecule has 1 aromatic carbocycles. The maximum absolute atomic E-state index is 14.3. The van der Waals surface area contributed by atoms with Crippen LogP contribution in [0.4, 0.5) is 8.78 Å². The summed E-state index contributed by atoms with van der Waals surface area (Å²) < 4.78 is 32.9. The number of ether oxygens (including phenoxy) is 1. The highest BCUT2D eigenvalue weighted by Crippen LogP contribution is 2.37. The number of nitrogens with one attached hydrogen (secondary N) is 1. The van der Waals surface area contributed by atoms with Crippen LogP contribution < -0.4 is 5.32 Å². The van der Waals surface area contributed by atoms with Crippen molar-refractivity contribution in [1.29, 1.82) is 0 Å². The Morgan fingerprint density at radius 3 is 2.46 bits per heavy atom. The molecule has 0 unspecified atom stereocenters. The van der Waals surface area contributed by atoms with Crippen molar-refractivity contribution in [2.24, 2.45) is 0 Å². The molecule has 24 heavy (non-hydrogen) atoms. The number of carbonyl (C=O) groups is 1.